The minimum Gasteiger partial charge on any atom is -0.398 e. The lowest BCUT2D eigenvalue weighted by Crippen LogP contribution is -1.98. The summed E-state index contributed by atoms with van der Waals surface area (Å²) < 4.78 is 0. The maximum Gasteiger partial charge on any atom is 0.288 e. The summed E-state index contributed by atoms with van der Waals surface area (Å²) in [6.45, 7) is 1.99. The number of nitrogen functional groups attached to an aromatic ring is 1. The van der Waals surface area contributed by atoms with Crippen molar-refractivity contribution in [3.05, 3.63) is 34.9 Å². The summed E-state index contributed by atoms with van der Waals surface area (Å²) in [5, 5.41) is 0. The summed E-state index contributed by atoms with van der Waals surface area (Å²) in [5.41, 5.74) is 16.5. The van der Waals surface area contributed by atoms with Gasteiger partial charge >= 0.3 is 0 Å². The van der Waals surface area contributed by atoms with Crippen LogP contribution in [0, 0.1) is 6.07 Å². The van der Waals surface area contributed by atoms with Crippen LogP contribution >= 0.6 is 0 Å². The quantitative estimate of drug-likeness (QED) is 0.301. The van der Waals surface area contributed by atoms with Crippen molar-refractivity contribution in [3.63, 3.8) is 0 Å². The second-order valence-corrected chi connectivity index (χ2v) is 2.42. The number of anilines is 1. The van der Waals surface area contributed by atoms with Gasteiger partial charge in [-0.3, -0.25) is 0 Å². The number of hydrogen-bond donors (Lipinski definition) is 1. The van der Waals surface area contributed by atoms with Crippen molar-refractivity contribution in [2.24, 2.45) is 0 Å². The highest BCUT2D eigenvalue weighted by Crippen LogP contribution is 2.14. The molecular formula is C9H10N3. The summed E-state index contributed by atoms with van der Waals surface area (Å²) >= 11 is 0. The molecule has 0 saturated carbocycles. The maximum absolute atomic E-state index is 8.34. The smallest absolute Gasteiger partial charge is 0.288 e. The molecule has 0 bridgehead atoms. The van der Waals surface area contributed by atoms with Crippen LogP contribution in [-0.4, -0.2) is 11.0 Å². The van der Waals surface area contributed by atoms with Gasteiger partial charge in [0.15, 0.2) is 0 Å². The molecule has 0 atom stereocenters. The van der Waals surface area contributed by atoms with Gasteiger partial charge in [0, 0.05) is 5.69 Å². The number of nitrogens with zero attached hydrogens (tertiary/aromatic N) is 2. The van der Waals surface area contributed by atoms with Gasteiger partial charge in [-0.15, -0.1) is 0 Å². The average Bonchev–Trinajstić information content (AvgIpc) is 2.05. The topological polar surface area (TPSA) is 62.4 Å². The van der Waals surface area contributed by atoms with Crippen LogP contribution in [0.2, 0.25) is 0 Å². The number of benzene rings is 1. The van der Waals surface area contributed by atoms with Crippen LogP contribution in [0.3, 0.4) is 0 Å². The molecule has 3 nitrogen and oxygen atoms in total. The highest BCUT2D eigenvalue weighted by atomic mass is 14.8. The molecule has 0 heterocycles. The van der Waals surface area contributed by atoms with E-state index in [1.54, 1.807) is 12.1 Å². The number of rotatable bonds is 2. The third kappa shape index (κ3) is 1.52. The van der Waals surface area contributed by atoms with Gasteiger partial charge in [0.2, 0.25) is 0 Å². The first-order chi connectivity index (χ1) is 5.79. The zero-order valence-electron chi connectivity index (χ0n) is 6.91. The molecule has 0 aliphatic carbocycles. The fourth-order valence-corrected chi connectivity index (χ4v) is 1.13. The van der Waals surface area contributed by atoms with Gasteiger partial charge in [-0.25, -0.2) is 0 Å². The summed E-state index contributed by atoms with van der Waals surface area (Å²) in [6, 6.07) is 6.44. The molecule has 1 aromatic carbocycles. The first kappa shape index (κ1) is 8.50. The molecule has 2 N–H and O–H groups in total. The molecule has 0 aliphatic heterocycles. The lowest BCUT2D eigenvalue weighted by molar-refractivity contribution is 0.00450. The Bertz CT molecular complexity index is 325. The van der Waals surface area contributed by atoms with Crippen LogP contribution in [0.4, 0.5) is 5.69 Å². The van der Waals surface area contributed by atoms with E-state index >= 15 is 0 Å². The molecule has 0 aliphatic rings. The van der Waals surface area contributed by atoms with Gasteiger partial charge in [-0.1, -0.05) is 13.0 Å². The standard InChI is InChI=1S/C9H10N3/c1-2-8-7(6-12-11)4-3-5-9(8)10/h3,5-6H,2,10H2,1H3. The number of hydrogen-bond acceptors (Lipinski definition) is 1. The zero-order valence-corrected chi connectivity index (χ0v) is 6.91. The first-order valence-electron chi connectivity index (χ1n) is 3.76. The second-order valence-electron chi connectivity index (χ2n) is 2.42. The number of nitrogens with two attached hydrogens (primary N) is 1. The van der Waals surface area contributed by atoms with E-state index in [9.17, 15) is 0 Å². The van der Waals surface area contributed by atoms with Gasteiger partial charge in [0.05, 0.1) is 5.56 Å². The fraction of sp³-hybridized carbons (Fsp3) is 0.222. The molecular weight excluding hydrogens is 150 g/mol. The Morgan fingerprint density at radius 1 is 1.75 bits per heavy atom. The van der Waals surface area contributed by atoms with E-state index < -0.39 is 0 Å². The van der Waals surface area contributed by atoms with Crippen molar-refractivity contribution in [2.45, 2.75) is 13.3 Å². The van der Waals surface area contributed by atoms with Gasteiger partial charge in [-0.05, 0) is 24.1 Å². The van der Waals surface area contributed by atoms with Gasteiger partial charge in [0.25, 0.3) is 6.21 Å². The molecule has 0 amide bonds. The Morgan fingerprint density at radius 3 is 3.08 bits per heavy atom. The molecule has 0 unspecified atom stereocenters. The highest BCUT2D eigenvalue weighted by molar-refractivity contribution is 5.80. The van der Waals surface area contributed by atoms with Crippen LogP contribution < -0.4 is 5.73 Å². The van der Waals surface area contributed by atoms with Gasteiger partial charge < -0.3 is 11.3 Å². The molecule has 61 valence electrons. The lowest BCUT2D eigenvalue weighted by atomic mass is 10.0. The van der Waals surface area contributed by atoms with E-state index in [1.807, 2.05) is 6.92 Å². The van der Waals surface area contributed by atoms with Gasteiger partial charge in [-0.2, -0.15) is 4.79 Å². The van der Waals surface area contributed by atoms with Crippen LogP contribution in [0.25, 0.3) is 5.53 Å². The van der Waals surface area contributed by atoms with Crippen molar-refractivity contribution in [3.8, 4) is 0 Å². The predicted molar refractivity (Wildman–Crippen MR) is 47.9 cm³/mol. The molecule has 0 aromatic heterocycles. The third-order valence-corrected chi connectivity index (χ3v) is 1.72. The second kappa shape index (κ2) is 3.69. The van der Waals surface area contributed by atoms with Crippen LogP contribution in [0.15, 0.2) is 12.1 Å². The van der Waals surface area contributed by atoms with Crippen LogP contribution in [0.1, 0.15) is 18.1 Å². The normalized spacial score (nSPS) is 9.08. The lowest BCUT2D eigenvalue weighted by Gasteiger charge is -2.02. The molecule has 1 aromatic rings. The summed E-state index contributed by atoms with van der Waals surface area (Å²) in [5.74, 6) is 0. The molecule has 0 saturated heterocycles. The van der Waals surface area contributed by atoms with E-state index in [-0.39, 0.29) is 0 Å². The van der Waals surface area contributed by atoms with E-state index in [0.29, 0.717) is 5.69 Å². The molecule has 3 heteroatoms. The molecule has 0 fully saturated rings. The Kier molecular flexibility index (Phi) is 2.62. The predicted octanol–water partition coefficient (Wildman–Crippen LogP) is 1.28. The Labute approximate surface area is 71.4 Å². The van der Waals surface area contributed by atoms with Crippen molar-refractivity contribution in [2.75, 3.05) is 5.73 Å². The third-order valence-electron chi connectivity index (χ3n) is 1.72. The van der Waals surface area contributed by atoms with Crippen LogP contribution in [-0.2, 0) is 6.42 Å². The van der Waals surface area contributed by atoms with Gasteiger partial charge in [0.1, 0.15) is 0 Å². The van der Waals surface area contributed by atoms with Crippen molar-refractivity contribution < 1.29 is 4.79 Å². The Morgan fingerprint density at radius 2 is 2.50 bits per heavy atom. The van der Waals surface area contributed by atoms with E-state index in [4.69, 9.17) is 11.3 Å². The van der Waals surface area contributed by atoms with Crippen molar-refractivity contribution >= 4 is 11.9 Å². The average molecular weight is 160 g/mol. The van der Waals surface area contributed by atoms with Crippen molar-refractivity contribution in [1.29, 1.82) is 0 Å². The Balaban J connectivity index is 3.26. The molecule has 1 radical (unpaired) electrons. The summed E-state index contributed by atoms with van der Waals surface area (Å²) in [6.07, 6.45) is 2.15. The summed E-state index contributed by atoms with van der Waals surface area (Å²) in [4.78, 5) is 2.94. The SMILES string of the molecule is CCc1c(C=[N+]=[N-])[c]ccc1N. The van der Waals surface area contributed by atoms with Crippen molar-refractivity contribution in [1.82, 2.24) is 0 Å². The minimum atomic E-state index is 0.714. The highest BCUT2D eigenvalue weighted by Gasteiger charge is 2.04. The van der Waals surface area contributed by atoms with E-state index in [2.05, 4.69) is 10.9 Å². The Hall–Kier alpha value is -1.60. The first-order valence-corrected chi connectivity index (χ1v) is 3.76. The molecule has 12 heavy (non-hydrogen) atoms. The largest absolute Gasteiger partial charge is 0.398 e. The molecule has 1 rings (SSSR count). The van der Waals surface area contributed by atoms with Crippen LogP contribution in [0.5, 0.6) is 0 Å². The molecule has 0 spiro atoms. The van der Waals surface area contributed by atoms with E-state index in [0.717, 1.165) is 17.5 Å². The monoisotopic (exact) mass is 160 g/mol. The minimum absolute atomic E-state index is 0.714. The summed E-state index contributed by atoms with van der Waals surface area (Å²) in [7, 11) is 0. The maximum atomic E-state index is 8.34. The van der Waals surface area contributed by atoms with E-state index in [1.165, 1.54) is 6.21 Å². The fourth-order valence-electron chi connectivity index (χ4n) is 1.13. The zero-order chi connectivity index (χ0) is 8.97.